The molecule has 0 aliphatic rings. The molecule has 0 heterocycles. The molecule has 5 heteroatoms. The molecule has 0 atom stereocenters. The quantitative estimate of drug-likeness (QED) is 0.366. The van der Waals surface area contributed by atoms with Crippen LogP contribution in [0.3, 0.4) is 0 Å². The summed E-state index contributed by atoms with van der Waals surface area (Å²) in [7, 11) is 0. The van der Waals surface area contributed by atoms with Gasteiger partial charge >= 0.3 is 11.9 Å². The Hall–Kier alpha value is -1.75. The highest BCUT2D eigenvalue weighted by Crippen LogP contribution is 2.23. The van der Waals surface area contributed by atoms with E-state index in [1.165, 1.54) is 0 Å². The highest BCUT2D eigenvalue weighted by atomic mass is 32.2. The fourth-order valence-electron chi connectivity index (χ4n) is 1.94. The number of allylic oxidation sites excluding steroid dienone is 1. The molecule has 0 spiro atoms. The number of thioether (sulfide) groups is 1. The lowest BCUT2D eigenvalue weighted by Crippen LogP contribution is -2.29. The van der Waals surface area contributed by atoms with E-state index in [0.717, 1.165) is 17.6 Å². The molecule has 154 valence electrons. The number of ether oxygens (including phenoxy) is 2. The normalized spacial score (nSPS) is 10.2. The maximum absolute atomic E-state index is 12.0. The van der Waals surface area contributed by atoms with E-state index < -0.39 is 5.41 Å². The van der Waals surface area contributed by atoms with Gasteiger partial charge in [-0.2, -0.15) is 11.8 Å². The largest absolute Gasteiger partial charge is 0.465 e. The summed E-state index contributed by atoms with van der Waals surface area (Å²) in [5.74, 6) is 0.743. The molecule has 0 unspecified atom stereocenters. The van der Waals surface area contributed by atoms with Gasteiger partial charge in [0.15, 0.2) is 0 Å². The standard InChI is InChI=1S/C20H28O4S.2CH4/c1-6-11-24-19(22)20(4,5)14-25-13-12-23-18(21)17-9-7-16(8-10-17)15(2)3;;/h7-10H,2,6,11-14H2,1,3-5H3;2*1H4. The van der Waals surface area contributed by atoms with Crippen LogP contribution in [0, 0.1) is 5.41 Å². The fraction of sp³-hybridized carbons (Fsp3) is 0.545. The Bertz CT molecular complexity index is 591. The first-order chi connectivity index (χ1) is 11.8. The van der Waals surface area contributed by atoms with E-state index in [1.54, 1.807) is 23.9 Å². The number of hydrogen-bond donors (Lipinski definition) is 0. The molecule has 0 aliphatic carbocycles. The summed E-state index contributed by atoms with van der Waals surface area (Å²) < 4.78 is 10.5. The summed E-state index contributed by atoms with van der Waals surface area (Å²) in [6, 6.07) is 7.20. The van der Waals surface area contributed by atoms with Crippen LogP contribution in [0.4, 0.5) is 0 Å². The first-order valence-electron chi connectivity index (χ1n) is 8.46. The van der Waals surface area contributed by atoms with Crippen molar-refractivity contribution >= 4 is 29.3 Å². The number of benzene rings is 1. The number of esters is 2. The minimum Gasteiger partial charge on any atom is -0.465 e. The predicted molar refractivity (Wildman–Crippen MR) is 117 cm³/mol. The Morgan fingerprint density at radius 1 is 1.04 bits per heavy atom. The Labute approximate surface area is 169 Å². The van der Waals surface area contributed by atoms with Crippen molar-refractivity contribution in [3.8, 4) is 0 Å². The van der Waals surface area contributed by atoms with Crippen molar-refractivity contribution in [2.75, 3.05) is 24.7 Å². The molecule has 0 saturated carbocycles. The lowest BCUT2D eigenvalue weighted by atomic mass is 9.97. The van der Waals surface area contributed by atoms with E-state index in [9.17, 15) is 9.59 Å². The topological polar surface area (TPSA) is 52.6 Å². The lowest BCUT2D eigenvalue weighted by Gasteiger charge is -2.21. The van der Waals surface area contributed by atoms with E-state index in [-0.39, 0.29) is 26.8 Å². The van der Waals surface area contributed by atoms with Gasteiger partial charge in [0.05, 0.1) is 17.6 Å². The Kier molecular flexibility index (Phi) is 13.7. The van der Waals surface area contributed by atoms with E-state index in [0.29, 0.717) is 30.3 Å². The van der Waals surface area contributed by atoms with Crippen LogP contribution in [0.1, 0.15) is 64.9 Å². The summed E-state index contributed by atoms with van der Waals surface area (Å²) in [4.78, 5) is 23.9. The lowest BCUT2D eigenvalue weighted by molar-refractivity contribution is -0.152. The second-order valence-corrected chi connectivity index (χ2v) is 7.67. The van der Waals surface area contributed by atoms with Crippen LogP contribution in [0.15, 0.2) is 30.8 Å². The second-order valence-electron chi connectivity index (χ2n) is 6.57. The van der Waals surface area contributed by atoms with Crippen molar-refractivity contribution in [3.05, 3.63) is 42.0 Å². The first-order valence-corrected chi connectivity index (χ1v) is 9.61. The van der Waals surface area contributed by atoms with E-state index in [2.05, 4.69) is 6.58 Å². The highest BCUT2D eigenvalue weighted by Gasteiger charge is 2.29. The number of carbonyl (C=O) groups is 2. The van der Waals surface area contributed by atoms with Crippen LogP contribution >= 0.6 is 11.8 Å². The van der Waals surface area contributed by atoms with Gasteiger partial charge in [-0.3, -0.25) is 4.79 Å². The molecule has 4 nitrogen and oxygen atoms in total. The molecular weight excluding hydrogens is 360 g/mol. The van der Waals surface area contributed by atoms with Crippen LogP contribution in [0.5, 0.6) is 0 Å². The molecule has 0 radical (unpaired) electrons. The van der Waals surface area contributed by atoms with Gasteiger partial charge in [-0.15, -0.1) is 0 Å². The summed E-state index contributed by atoms with van der Waals surface area (Å²) in [6.45, 7) is 12.3. The SMILES string of the molecule is C.C.C=C(C)c1ccc(C(=O)OCCSCC(C)(C)C(=O)OCCC)cc1. The van der Waals surface area contributed by atoms with Gasteiger partial charge in [0.2, 0.25) is 0 Å². The zero-order valence-electron chi connectivity index (χ0n) is 15.6. The van der Waals surface area contributed by atoms with Crippen molar-refractivity contribution in [2.24, 2.45) is 5.41 Å². The molecule has 0 saturated heterocycles. The third kappa shape index (κ3) is 9.66. The van der Waals surface area contributed by atoms with E-state index in [4.69, 9.17) is 9.47 Å². The predicted octanol–water partition coefficient (Wildman–Crippen LogP) is 5.86. The van der Waals surface area contributed by atoms with Crippen LogP contribution in [0.25, 0.3) is 5.57 Å². The average molecular weight is 397 g/mol. The maximum atomic E-state index is 12.0. The second kappa shape index (κ2) is 13.4. The maximum Gasteiger partial charge on any atom is 0.338 e. The first kappa shape index (κ1) is 27.5. The molecular formula is C22H36O4S. The van der Waals surface area contributed by atoms with Crippen molar-refractivity contribution in [1.82, 2.24) is 0 Å². The molecule has 1 aromatic carbocycles. The highest BCUT2D eigenvalue weighted by molar-refractivity contribution is 7.99. The summed E-state index contributed by atoms with van der Waals surface area (Å²) >= 11 is 1.58. The minimum atomic E-state index is -0.539. The van der Waals surface area contributed by atoms with Gasteiger partial charge in [0.25, 0.3) is 0 Å². The smallest absolute Gasteiger partial charge is 0.338 e. The molecule has 0 N–H and O–H groups in total. The number of hydrogen-bond acceptors (Lipinski definition) is 5. The summed E-state index contributed by atoms with van der Waals surface area (Å²) in [6.07, 6.45) is 0.818. The molecule has 1 aromatic rings. The molecule has 0 bridgehead atoms. The van der Waals surface area contributed by atoms with Crippen LogP contribution in [-0.4, -0.2) is 36.7 Å². The van der Waals surface area contributed by atoms with Gasteiger partial charge in [-0.05, 0) is 44.9 Å². The molecule has 1 rings (SSSR count). The Morgan fingerprint density at radius 3 is 2.11 bits per heavy atom. The minimum absolute atomic E-state index is 0. The van der Waals surface area contributed by atoms with Gasteiger partial charge in [0.1, 0.15) is 6.61 Å². The fourth-order valence-corrected chi connectivity index (χ4v) is 2.92. The molecule has 0 amide bonds. The molecule has 0 aliphatic heterocycles. The van der Waals surface area contributed by atoms with Crippen LogP contribution < -0.4 is 0 Å². The zero-order chi connectivity index (χ0) is 18.9. The van der Waals surface area contributed by atoms with Gasteiger partial charge in [-0.1, -0.05) is 46.1 Å². The Morgan fingerprint density at radius 2 is 1.59 bits per heavy atom. The number of rotatable bonds is 10. The molecule has 27 heavy (non-hydrogen) atoms. The molecule has 0 aromatic heterocycles. The van der Waals surface area contributed by atoms with Gasteiger partial charge in [-0.25, -0.2) is 4.79 Å². The van der Waals surface area contributed by atoms with E-state index in [1.807, 2.05) is 39.8 Å². The Balaban J connectivity index is 0. The number of carbonyl (C=O) groups excluding carboxylic acids is 2. The van der Waals surface area contributed by atoms with E-state index >= 15 is 0 Å². The van der Waals surface area contributed by atoms with Crippen molar-refractivity contribution in [1.29, 1.82) is 0 Å². The van der Waals surface area contributed by atoms with Crippen molar-refractivity contribution in [2.45, 2.75) is 49.0 Å². The third-order valence-corrected chi connectivity index (χ3v) is 4.91. The van der Waals surface area contributed by atoms with Crippen molar-refractivity contribution < 1.29 is 19.1 Å². The third-order valence-electron chi connectivity index (χ3n) is 3.53. The summed E-state index contributed by atoms with van der Waals surface area (Å²) in [5, 5.41) is 0. The van der Waals surface area contributed by atoms with Gasteiger partial charge < -0.3 is 9.47 Å². The summed E-state index contributed by atoms with van der Waals surface area (Å²) in [5.41, 5.74) is 1.95. The van der Waals surface area contributed by atoms with Crippen LogP contribution in [-0.2, 0) is 14.3 Å². The average Bonchev–Trinajstić information content (AvgIpc) is 2.59. The van der Waals surface area contributed by atoms with Crippen molar-refractivity contribution in [3.63, 3.8) is 0 Å². The van der Waals surface area contributed by atoms with Gasteiger partial charge in [0, 0.05) is 11.5 Å². The molecule has 0 fully saturated rings. The van der Waals surface area contributed by atoms with Crippen LogP contribution in [0.2, 0.25) is 0 Å². The zero-order valence-corrected chi connectivity index (χ0v) is 16.4. The monoisotopic (exact) mass is 396 g/mol.